The van der Waals surface area contributed by atoms with Crippen molar-refractivity contribution in [1.82, 2.24) is 0 Å². The van der Waals surface area contributed by atoms with Gasteiger partial charge >= 0.3 is 11.9 Å². The Morgan fingerprint density at radius 1 is 1.12 bits per heavy atom. The van der Waals surface area contributed by atoms with Crippen LogP contribution in [0.3, 0.4) is 0 Å². The monoisotopic (exact) mass is 395 g/mol. The molecule has 0 radical (unpaired) electrons. The van der Waals surface area contributed by atoms with E-state index in [1.54, 1.807) is 43.5 Å². The largest absolute Gasteiger partial charge is 0.462 e. The number of rotatable bonds is 7. The number of carbonyl (C=O) groups is 3. The first-order valence-corrected chi connectivity index (χ1v) is 9.22. The zero-order valence-corrected chi connectivity index (χ0v) is 15.9. The van der Waals surface area contributed by atoms with Gasteiger partial charge in [-0.3, -0.25) is 9.59 Å². The van der Waals surface area contributed by atoms with Gasteiger partial charge in [-0.2, -0.15) is 0 Å². The van der Waals surface area contributed by atoms with Crippen molar-refractivity contribution in [2.24, 2.45) is 0 Å². The highest BCUT2D eigenvalue weighted by molar-refractivity contribution is 7.15. The second-order valence-electron chi connectivity index (χ2n) is 5.14. The van der Waals surface area contributed by atoms with Crippen molar-refractivity contribution in [3.63, 3.8) is 0 Å². The molecule has 0 spiro atoms. The van der Waals surface area contributed by atoms with Crippen LogP contribution in [0.2, 0.25) is 5.02 Å². The average molecular weight is 396 g/mol. The minimum Gasteiger partial charge on any atom is -0.462 e. The molecular weight excluding hydrogens is 378 g/mol. The van der Waals surface area contributed by atoms with Crippen LogP contribution in [0.4, 0.5) is 5.00 Å². The van der Waals surface area contributed by atoms with Gasteiger partial charge in [0.25, 0.3) is 5.91 Å². The van der Waals surface area contributed by atoms with Gasteiger partial charge in [0.05, 0.1) is 6.61 Å². The van der Waals surface area contributed by atoms with E-state index in [0.717, 1.165) is 5.56 Å². The molecule has 0 aliphatic heterocycles. The lowest BCUT2D eigenvalue weighted by Gasteiger charge is -2.09. The maximum Gasteiger partial charge on any atom is 0.341 e. The molecule has 1 aromatic carbocycles. The van der Waals surface area contributed by atoms with E-state index < -0.39 is 24.5 Å². The third-order valence-corrected chi connectivity index (χ3v) is 4.48. The fraction of sp³-hybridized carbons (Fsp3) is 0.278. The van der Waals surface area contributed by atoms with Crippen LogP contribution in [0, 0.1) is 0 Å². The quantitative estimate of drug-likeness (QED) is 0.712. The Hall–Kier alpha value is -2.38. The number of anilines is 1. The summed E-state index contributed by atoms with van der Waals surface area (Å²) < 4.78 is 9.92. The summed E-state index contributed by atoms with van der Waals surface area (Å²) in [7, 11) is 0. The van der Waals surface area contributed by atoms with E-state index in [4.69, 9.17) is 21.1 Å². The molecule has 138 valence electrons. The van der Waals surface area contributed by atoms with Gasteiger partial charge in [0.15, 0.2) is 6.61 Å². The molecule has 0 atom stereocenters. The van der Waals surface area contributed by atoms with Gasteiger partial charge in [0.1, 0.15) is 10.6 Å². The summed E-state index contributed by atoms with van der Waals surface area (Å²) in [5.74, 6) is -1.54. The highest BCUT2D eigenvalue weighted by Crippen LogP contribution is 2.36. The molecule has 26 heavy (non-hydrogen) atoms. The summed E-state index contributed by atoms with van der Waals surface area (Å²) in [6, 6.07) is 6.99. The van der Waals surface area contributed by atoms with E-state index in [1.165, 1.54) is 11.3 Å². The number of thiophene rings is 1. The third kappa shape index (κ3) is 5.06. The van der Waals surface area contributed by atoms with Gasteiger partial charge < -0.3 is 14.8 Å². The molecular formula is C18H18ClNO5S. The molecule has 1 heterocycles. The number of esters is 2. The fourth-order valence-corrected chi connectivity index (χ4v) is 3.21. The van der Waals surface area contributed by atoms with E-state index in [1.807, 2.05) is 0 Å². The second kappa shape index (κ2) is 9.35. The van der Waals surface area contributed by atoms with Crippen molar-refractivity contribution in [3.8, 4) is 11.1 Å². The van der Waals surface area contributed by atoms with E-state index in [0.29, 0.717) is 15.6 Å². The number of hydrogen-bond donors (Lipinski definition) is 1. The van der Waals surface area contributed by atoms with Crippen molar-refractivity contribution in [3.05, 3.63) is 40.2 Å². The van der Waals surface area contributed by atoms with Crippen LogP contribution >= 0.6 is 22.9 Å². The molecule has 0 aliphatic rings. The zero-order valence-electron chi connectivity index (χ0n) is 14.3. The van der Waals surface area contributed by atoms with Gasteiger partial charge in [-0.05, 0) is 24.6 Å². The van der Waals surface area contributed by atoms with Crippen LogP contribution in [0.15, 0.2) is 29.6 Å². The van der Waals surface area contributed by atoms with Crippen LogP contribution in [0.25, 0.3) is 11.1 Å². The Bertz CT molecular complexity index is 800. The van der Waals surface area contributed by atoms with Gasteiger partial charge in [0.2, 0.25) is 0 Å². The van der Waals surface area contributed by atoms with Crippen LogP contribution in [0.5, 0.6) is 0 Å². The Morgan fingerprint density at radius 2 is 1.81 bits per heavy atom. The van der Waals surface area contributed by atoms with E-state index in [-0.39, 0.29) is 18.6 Å². The number of halogens is 1. The average Bonchev–Trinajstić information content (AvgIpc) is 3.04. The minimum absolute atomic E-state index is 0.182. The first-order chi connectivity index (χ1) is 12.5. The third-order valence-electron chi connectivity index (χ3n) is 3.33. The minimum atomic E-state index is -0.542. The topological polar surface area (TPSA) is 81.7 Å². The maximum atomic E-state index is 12.4. The van der Waals surface area contributed by atoms with E-state index >= 15 is 0 Å². The summed E-state index contributed by atoms with van der Waals surface area (Å²) >= 11 is 7.10. The molecule has 0 fully saturated rings. The highest BCUT2D eigenvalue weighted by atomic mass is 35.5. The lowest BCUT2D eigenvalue weighted by molar-refractivity contribution is -0.146. The summed E-state index contributed by atoms with van der Waals surface area (Å²) in [4.78, 5) is 35.6. The zero-order chi connectivity index (χ0) is 19.1. The molecule has 1 amide bonds. The predicted octanol–water partition coefficient (Wildman–Crippen LogP) is 4.14. The predicted molar refractivity (Wildman–Crippen MR) is 101 cm³/mol. The maximum absolute atomic E-state index is 12.4. The van der Waals surface area contributed by atoms with Crippen molar-refractivity contribution in [2.75, 3.05) is 18.5 Å². The number of nitrogens with one attached hydrogen (secondary N) is 1. The first kappa shape index (κ1) is 19.9. The number of ether oxygens (including phenoxy) is 2. The molecule has 0 unspecified atom stereocenters. The highest BCUT2D eigenvalue weighted by Gasteiger charge is 2.23. The second-order valence-corrected chi connectivity index (χ2v) is 6.46. The molecule has 1 N–H and O–H groups in total. The Kier molecular flexibility index (Phi) is 7.17. The molecule has 0 bridgehead atoms. The fourth-order valence-electron chi connectivity index (χ4n) is 2.11. The molecule has 0 aliphatic carbocycles. The number of benzene rings is 1. The SMILES string of the molecule is CCOC(=O)c1c(-c2ccc(Cl)cc2)csc1NC(=O)COC(=O)CC. The van der Waals surface area contributed by atoms with Crippen LogP contribution in [-0.2, 0) is 19.1 Å². The molecule has 2 rings (SSSR count). The molecule has 0 saturated heterocycles. The van der Waals surface area contributed by atoms with Crippen LogP contribution in [-0.4, -0.2) is 31.1 Å². The number of hydrogen-bond acceptors (Lipinski definition) is 6. The summed E-state index contributed by atoms with van der Waals surface area (Å²) in [5, 5.41) is 5.28. The normalized spacial score (nSPS) is 10.3. The number of amides is 1. The van der Waals surface area contributed by atoms with Crippen molar-refractivity contribution in [1.29, 1.82) is 0 Å². The summed E-state index contributed by atoms with van der Waals surface area (Å²) in [5.41, 5.74) is 1.66. The summed E-state index contributed by atoms with van der Waals surface area (Å²) in [6.07, 6.45) is 0.182. The van der Waals surface area contributed by atoms with Crippen molar-refractivity contribution >= 4 is 45.8 Å². The van der Waals surface area contributed by atoms with Gasteiger partial charge in [0, 0.05) is 22.4 Å². The number of carbonyl (C=O) groups excluding carboxylic acids is 3. The van der Waals surface area contributed by atoms with E-state index in [2.05, 4.69) is 5.32 Å². The van der Waals surface area contributed by atoms with Crippen molar-refractivity contribution in [2.45, 2.75) is 20.3 Å². The molecule has 1 aromatic heterocycles. The van der Waals surface area contributed by atoms with Crippen LogP contribution in [0.1, 0.15) is 30.6 Å². The smallest absolute Gasteiger partial charge is 0.341 e. The lowest BCUT2D eigenvalue weighted by Crippen LogP contribution is -2.21. The Morgan fingerprint density at radius 3 is 2.42 bits per heavy atom. The van der Waals surface area contributed by atoms with Crippen molar-refractivity contribution < 1.29 is 23.9 Å². The van der Waals surface area contributed by atoms with Crippen LogP contribution < -0.4 is 5.32 Å². The Labute approximate surface area is 160 Å². The lowest BCUT2D eigenvalue weighted by atomic mass is 10.0. The summed E-state index contributed by atoms with van der Waals surface area (Å²) in [6.45, 7) is 3.13. The molecule has 2 aromatic rings. The molecule has 8 heteroatoms. The Balaban J connectivity index is 2.28. The standard InChI is InChI=1S/C18H18ClNO5S/c1-3-15(22)25-9-14(21)20-17-16(18(23)24-4-2)13(10-26-17)11-5-7-12(19)8-6-11/h5-8,10H,3-4,9H2,1-2H3,(H,20,21). The first-order valence-electron chi connectivity index (χ1n) is 7.96. The molecule has 6 nitrogen and oxygen atoms in total. The molecule has 0 saturated carbocycles. The van der Waals surface area contributed by atoms with Gasteiger partial charge in [-0.15, -0.1) is 11.3 Å². The van der Waals surface area contributed by atoms with Gasteiger partial charge in [-0.1, -0.05) is 30.7 Å². The van der Waals surface area contributed by atoms with E-state index in [9.17, 15) is 14.4 Å². The van der Waals surface area contributed by atoms with Gasteiger partial charge in [-0.25, -0.2) is 4.79 Å².